The van der Waals surface area contributed by atoms with Gasteiger partial charge in [-0.1, -0.05) is 66.7 Å². The van der Waals surface area contributed by atoms with Crippen molar-refractivity contribution in [1.29, 1.82) is 0 Å². The van der Waals surface area contributed by atoms with Crippen molar-refractivity contribution in [2.45, 2.75) is 31.5 Å². The molecule has 2 aliphatic heterocycles. The molecule has 1 saturated heterocycles. The highest BCUT2D eigenvalue weighted by atomic mass is 16.6. The summed E-state index contributed by atoms with van der Waals surface area (Å²) in [4.78, 5) is 14.7. The molecular weight excluding hydrogens is 350 g/mol. The zero-order chi connectivity index (χ0) is 18.9. The van der Waals surface area contributed by atoms with Gasteiger partial charge in [0, 0.05) is 0 Å². The monoisotopic (exact) mass is 373 g/mol. The topological polar surface area (TPSA) is 38.8 Å². The molecule has 2 aromatic carbocycles. The van der Waals surface area contributed by atoms with E-state index in [1.807, 2.05) is 35.2 Å². The van der Waals surface area contributed by atoms with E-state index in [0.29, 0.717) is 19.8 Å². The molecule has 1 amide bonds. The van der Waals surface area contributed by atoms with Crippen LogP contribution in [-0.4, -0.2) is 36.3 Å². The van der Waals surface area contributed by atoms with Crippen molar-refractivity contribution in [3.8, 4) is 0 Å². The van der Waals surface area contributed by atoms with Gasteiger partial charge in [0.25, 0.3) is 0 Å². The number of morpholine rings is 1. The second-order valence-electron chi connectivity index (χ2n) is 7.65. The van der Waals surface area contributed by atoms with Gasteiger partial charge in [0.2, 0.25) is 0 Å². The highest BCUT2D eigenvalue weighted by Crippen LogP contribution is 2.36. The summed E-state index contributed by atoms with van der Waals surface area (Å²) in [5.41, 5.74) is 6.41. The highest BCUT2D eigenvalue weighted by molar-refractivity contribution is 5.72. The van der Waals surface area contributed by atoms with E-state index in [1.54, 1.807) is 0 Å². The van der Waals surface area contributed by atoms with E-state index >= 15 is 0 Å². The average Bonchev–Trinajstić information content (AvgIpc) is 3.16. The van der Waals surface area contributed by atoms with E-state index in [4.69, 9.17) is 9.47 Å². The third kappa shape index (κ3) is 3.25. The highest BCUT2D eigenvalue weighted by Gasteiger charge is 2.39. The fraction of sp³-hybridized carbons (Fsp3) is 0.292. The lowest BCUT2D eigenvalue weighted by atomic mass is 9.89. The Hall–Kier alpha value is -2.85. The Balaban J connectivity index is 1.32. The number of fused-ring (bicyclic) bond motifs is 3. The molecule has 1 aliphatic carbocycles. The van der Waals surface area contributed by atoms with Crippen LogP contribution in [0.2, 0.25) is 0 Å². The van der Waals surface area contributed by atoms with Crippen LogP contribution in [-0.2, 0) is 22.5 Å². The number of carbonyl (C=O) groups is 1. The summed E-state index contributed by atoms with van der Waals surface area (Å²) in [6.07, 6.45) is 6.04. The molecule has 2 atom stereocenters. The summed E-state index contributed by atoms with van der Waals surface area (Å²) in [5.74, 6) is 0. The molecule has 0 radical (unpaired) electrons. The minimum atomic E-state index is -0.249. The average molecular weight is 373 g/mol. The Labute approximate surface area is 165 Å². The van der Waals surface area contributed by atoms with Gasteiger partial charge in [-0.15, -0.1) is 0 Å². The Kier molecular flexibility index (Phi) is 4.49. The van der Waals surface area contributed by atoms with E-state index in [-0.39, 0.29) is 18.2 Å². The number of hydrogen-bond acceptors (Lipinski definition) is 3. The van der Waals surface area contributed by atoms with Crippen molar-refractivity contribution in [3.05, 3.63) is 88.5 Å². The third-order valence-corrected chi connectivity index (χ3v) is 5.79. The van der Waals surface area contributed by atoms with Crippen LogP contribution in [0.4, 0.5) is 4.79 Å². The molecule has 1 fully saturated rings. The summed E-state index contributed by atoms with van der Waals surface area (Å²) in [6.45, 7) is 1.39. The molecule has 0 saturated carbocycles. The lowest BCUT2D eigenvalue weighted by Crippen LogP contribution is -2.56. The van der Waals surface area contributed by atoms with Crippen molar-refractivity contribution < 1.29 is 14.3 Å². The number of hydrogen-bond donors (Lipinski definition) is 0. The van der Waals surface area contributed by atoms with Gasteiger partial charge in [-0.3, -0.25) is 4.90 Å². The molecule has 142 valence electrons. The minimum absolute atomic E-state index is 0.0339. The number of amides is 1. The number of benzene rings is 2. The van der Waals surface area contributed by atoms with E-state index in [2.05, 4.69) is 36.4 Å². The summed E-state index contributed by atoms with van der Waals surface area (Å²) >= 11 is 0. The standard InChI is InChI=1S/C24H23NO3/c26-24(28-14-17-6-2-1-3-7-17)25-22-12-21(13-23(25)16-27-15-22)20-10-18-8-4-5-9-19(18)11-20/h1-10,12,22-23H,11,13-16H2. The summed E-state index contributed by atoms with van der Waals surface area (Å²) in [5, 5.41) is 0. The lowest BCUT2D eigenvalue weighted by molar-refractivity contribution is -0.0368. The van der Waals surface area contributed by atoms with Crippen molar-refractivity contribution >= 4 is 12.2 Å². The Bertz CT molecular complexity index is 947. The van der Waals surface area contributed by atoms with Crippen LogP contribution in [0.25, 0.3) is 6.08 Å². The van der Waals surface area contributed by atoms with Crippen molar-refractivity contribution in [3.63, 3.8) is 0 Å². The molecule has 3 aliphatic rings. The zero-order valence-electron chi connectivity index (χ0n) is 15.7. The molecule has 2 aromatic rings. The van der Waals surface area contributed by atoms with Gasteiger partial charge in [0.15, 0.2) is 0 Å². The molecule has 4 heteroatoms. The van der Waals surface area contributed by atoms with E-state index in [9.17, 15) is 4.79 Å². The van der Waals surface area contributed by atoms with Gasteiger partial charge in [-0.05, 0) is 40.7 Å². The van der Waals surface area contributed by atoms with Gasteiger partial charge in [-0.2, -0.15) is 0 Å². The van der Waals surface area contributed by atoms with Crippen molar-refractivity contribution in [2.24, 2.45) is 0 Å². The number of rotatable bonds is 3. The zero-order valence-corrected chi connectivity index (χ0v) is 15.7. The Morgan fingerprint density at radius 2 is 1.86 bits per heavy atom. The number of ether oxygens (including phenoxy) is 2. The largest absolute Gasteiger partial charge is 0.445 e. The molecule has 0 spiro atoms. The first kappa shape index (κ1) is 17.3. The van der Waals surface area contributed by atoms with E-state index in [0.717, 1.165) is 18.4 Å². The van der Waals surface area contributed by atoms with Crippen molar-refractivity contribution in [2.75, 3.05) is 13.2 Å². The Morgan fingerprint density at radius 3 is 2.68 bits per heavy atom. The fourth-order valence-electron chi connectivity index (χ4n) is 4.40. The maximum atomic E-state index is 12.8. The second-order valence-corrected chi connectivity index (χ2v) is 7.65. The molecular formula is C24H23NO3. The van der Waals surface area contributed by atoms with E-state index in [1.165, 1.54) is 22.3 Å². The first-order valence-electron chi connectivity index (χ1n) is 9.84. The first-order valence-corrected chi connectivity index (χ1v) is 9.84. The third-order valence-electron chi connectivity index (χ3n) is 5.79. The maximum absolute atomic E-state index is 12.8. The molecule has 2 heterocycles. The molecule has 0 N–H and O–H groups in total. The summed E-state index contributed by atoms with van der Waals surface area (Å²) < 4.78 is 11.3. The maximum Gasteiger partial charge on any atom is 0.411 e. The van der Waals surface area contributed by atoms with Crippen LogP contribution in [0.3, 0.4) is 0 Å². The van der Waals surface area contributed by atoms with Crippen LogP contribution < -0.4 is 0 Å². The van der Waals surface area contributed by atoms with Crippen LogP contribution in [0.5, 0.6) is 0 Å². The fourth-order valence-corrected chi connectivity index (χ4v) is 4.40. The van der Waals surface area contributed by atoms with Crippen molar-refractivity contribution in [1.82, 2.24) is 4.90 Å². The first-order chi connectivity index (χ1) is 13.8. The smallest absolute Gasteiger partial charge is 0.411 e. The molecule has 0 aromatic heterocycles. The Morgan fingerprint density at radius 1 is 1.04 bits per heavy atom. The van der Waals surface area contributed by atoms with Crippen LogP contribution in [0, 0.1) is 0 Å². The molecule has 28 heavy (non-hydrogen) atoms. The number of allylic oxidation sites excluding steroid dienone is 1. The SMILES string of the molecule is O=C(OCc1ccccc1)N1C2C=C(C3=Cc4ccccc4C3)CC1COC2. The van der Waals surface area contributed by atoms with Crippen LogP contribution in [0.1, 0.15) is 23.1 Å². The molecule has 2 bridgehead atoms. The van der Waals surface area contributed by atoms with Gasteiger partial charge >= 0.3 is 6.09 Å². The predicted molar refractivity (Wildman–Crippen MR) is 108 cm³/mol. The summed E-state index contributed by atoms with van der Waals surface area (Å²) in [7, 11) is 0. The van der Waals surface area contributed by atoms with Crippen LogP contribution >= 0.6 is 0 Å². The van der Waals surface area contributed by atoms with Gasteiger partial charge in [0.1, 0.15) is 6.61 Å². The predicted octanol–water partition coefficient (Wildman–Crippen LogP) is 4.36. The normalized spacial score (nSPS) is 22.9. The second kappa shape index (κ2) is 7.28. The minimum Gasteiger partial charge on any atom is -0.445 e. The van der Waals surface area contributed by atoms with E-state index < -0.39 is 0 Å². The van der Waals surface area contributed by atoms with Gasteiger partial charge in [0.05, 0.1) is 25.3 Å². The quantitative estimate of drug-likeness (QED) is 0.802. The molecule has 2 unspecified atom stereocenters. The van der Waals surface area contributed by atoms with Gasteiger partial charge < -0.3 is 9.47 Å². The van der Waals surface area contributed by atoms with Crippen LogP contribution in [0.15, 0.2) is 71.8 Å². The van der Waals surface area contributed by atoms with Gasteiger partial charge in [-0.25, -0.2) is 4.79 Å². The number of carbonyl (C=O) groups excluding carboxylic acids is 1. The summed E-state index contributed by atoms with van der Waals surface area (Å²) in [6, 6.07) is 18.3. The molecule has 4 nitrogen and oxygen atoms in total. The number of nitrogens with zero attached hydrogens (tertiary/aromatic N) is 1. The lowest BCUT2D eigenvalue weighted by Gasteiger charge is -2.44. The molecule has 5 rings (SSSR count).